The van der Waals surface area contributed by atoms with E-state index in [1.54, 1.807) is 6.20 Å². The maximum Gasteiger partial charge on any atom is 0.126 e. The summed E-state index contributed by atoms with van der Waals surface area (Å²) in [5, 5.41) is 3.36. The quantitative estimate of drug-likeness (QED) is 0.802. The van der Waals surface area contributed by atoms with Gasteiger partial charge in [-0.3, -0.25) is 0 Å². The topological polar surface area (TPSA) is 50.9 Å². The van der Waals surface area contributed by atoms with Crippen molar-refractivity contribution >= 4 is 17.6 Å². The molecule has 106 valence electrons. The summed E-state index contributed by atoms with van der Waals surface area (Å²) in [6, 6.07) is 12.8. The summed E-state index contributed by atoms with van der Waals surface area (Å²) in [6.45, 7) is 2.15. The Morgan fingerprint density at radius 3 is 2.75 bits per heavy atom. The van der Waals surface area contributed by atoms with Crippen LogP contribution in [0.25, 0.3) is 0 Å². The molecule has 20 heavy (non-hydrogen) atoms. The largest absolute Gasteiger partial charge is 0.383 e. The molecule has 0 saturated heterocycles. The normalized spacial score (nSPS) is 12.3. The lowest BCUT2D eigenvalue weighted by molar-refractivity contribution is 0.617. The van der Waals surface area contributed by atoms with Gasteiger partial charge in [-0.25, -0.2) is 4.98 Å². The van der Waals surface area contributed by atoms with Crippen molar-refractivity contribution in [1.29, 1.82) is 0 Å². The van der Waals surface area contributed by atoms with Crippen LogP contribution in [0, 0.1) is 6.92 Å². The van der Waals surface area contributed by atoms with Crippen LogP contribution in [-0.2, 0) is 6.42 Å². The van der Waals surface area contributed by atoms with Crippen molar-refractivity contribution in [2.24, 2.45) is 0 Å². The highest BCUT2D eigenvalue weighted by molar-refractivity contribution is 7.99. The molecule has 0 aliphatic heterocycles. The fourth-order valence-corrected chi connectivity index (χ4v) is 3.18. The Hall–Kier alpha value is -1.52. The lowest BCUT2D eigenvalue weighted by atomic mass is 10.1. The van der Waals surface area contributed by atoms with Gasteiger partial charge in [0.2, 0.25) is 0 Å². The van der Waals surface area contributed by atoms with Crippen molar-refractivity contribution in [2.45, 2.75) is 24.3 Å². The number of benzene rings is 1. The standard InChI is InChI=1S/C16H21N3S/c1-12-6-3-4-8-15(12)20-11-14(18-2)10-13-7-5-9-19-16(13)17/h3-9,14,18H,10-11H2,1-2H3,(H2,17,19). The third kappa shape index (κ3) is 3.99. The van der Waals surface area contributed by atoms with E-state index in [9.17, 15) is 0 Å². The zero-order valence-corrected chi connectivity index (χ0v) is 12.8. The Balaban J connectivity index is 1.96. The molecule has 1 unspecified atom stereocenters. The van der Waals surface area contributed by atoms with Gasteiger partial charge in [-0.15, -0.1) is 11.8 Å². The van der Waals surface area contributed by atoms with Gasteiger partial charge in [-0.1, -0.05) is 24.3 Å². The number of nitrogens with zero attached hydrogens (tertiary/aromatic N) is 1. The highest BCUT2D eigenvalue weighted by Gasteiger charge is 2.11. The zero-order valence-electron chi connectivity index (χ0n) is 12.0. The van der Waals surface area contributed by atoms with Gasteiger partial charge >= 0.3 is 0 Å². The number of nitrogen functional groups attached to an aromatic ring is 1. The first kappa shape index (κ1) is 14.9. The SMILES string of the molecule is CNC(CSc1ccccc1C)Cc1cccnc1N. The van der Waals surface area contributed by atoms with Crippen LogP contribution in [0.2, 0.25) is 0 Å². The first-order valence-corrected chi connectivity index (χ1v) is 7.74. The van der Waals surface area contributed by atoms with Gasteiger partial charge < -0.3 is 11.1 Å². The number of hydrogen-bond donors (Lipinski definition) is 2. The third-order valence-electron chi connectivity index (χ3n) is 3.33. The molecule has 1 aromatic heterocycles. The zero-order chi connectivity index (χ0) is 14.4. The van der Waals surface area contributed by atoms with Crippen LogP contribution in [0.1, 0.15) is 11.1 Å². The second kappa shape index (κ2) is 7.31. The number of pyridine rings is 1. The number of nitrogens with one attached hydrogen (secondary N) is 1. The second-order valence-corrected chi connectivity index (χ2v) is 5.88. The average Bonchev–Trinajstić information content (AvgIpc) is 2.47. The van der Waals surface area contributed by atoms with E-state index in [2.05, 4.69) is 41.5 Å². The Bertz CT molecular complexity index is 557. The number of aryl methyl sites for hydroxylation is 1. The first-order chi connectivity index (χ1) is 9.70. The minimum absolute atomic E-state index is 0.381. The minimum Gasteiger partial charge on any atom is -0.383 e. The fraction of sp³-hybridized carbons (Fsp3) is 0.312. The molecule has 0 fully saturated rings. The van der Waals surface area contributed by atoms with Crippen molar-refractivity contribution in [3.63, 3.8) is 0 Å². The van der Waals surface area contributed by atoms with Crippen molar-refractivity contribution in [1.82, 2.24) is 10.3 Å². The summed E-state index contributed by atoms with van der Waals surface area (Å²) < 4.78 is 0. The molecule has 4 heteroatoms. The fourth-order valence-electron chi connectivity index (χ4n) is 2.04. The lowest BCUT2D eigenvalue weighted by Gasteiger charge is -2.17. The van der Waals surface area contributed by atoms with Crippen LogP contribution < -0.4 is 11.1 Å². The van der Waals surface area contributed by atoms with E-state index in [0.29, 0.717) is 11.9 Å². The van der Waals surface area contributed by atoms with Gasteiger partial charge in [-0.05, 0) is 43.7 Å². The van der Waals surface area contributed by atoms with Crippen molar-refractivity contribution in [3.8, 4) is 0 Å². The molecule has 0 aliphatic carbocycles. The maximum absolute atomic E-state index is 5.91. The summed E-state index contributed by atoms with van der Waals surface area (Å²) in [6.07, 6.45) is 2.63. The van der Waals surface area contributed by atoms with E-state index in [4.69, 9.17) is 5.73 Å². The number of rotatable bonds is 6. The highest BCUT2D eigenvalue weighted by atomic mass is 32.2. The Kier molecular flexibility index (Phi) is 5.44. The van der Waals surface area contributed by atoms with E-state index >= 15 is 0 Å². The average molecular weight is 287 g/mol. The van der Waals surface area contributed by atoms with Gasteiger partial charge in [-0.2, -0.15) is 0 Å². The number of thioether (sulfide) groups is 1. The van der Waals surface area contributed by atoms with Gasteiger partial charge in [0.1, 0.15) is 5.82 Å². The van der Waals surface area contributed by atoms with Crippen LogP contribution in [-0.4, -0.2) is 23.8 Å². The molecular weight excluding hydrogens is 266 g/mol. The predicted molar refractivity (Wildman–Crippen MR) is 87.1 cm³/mol. The van der Waals surface area contributed by atoms with Gasteiger partial charge in [0, 0.05) is 22.9 Å². The molecule has 3 nitrogen and oxygen atoms in total. The van der Waals surface area contributed by atoms with Gasteiger partial charge in [0.25, 0.3) is 0 Å². The Morgan fingerprint density at radius 1 is 1.25 bits per heavy atom. The Labute approximate surface area is 125 Å². The van der Waals surface area contributed by atoms with E-state index in [1.165, 1.54) is 10.5 Å². The molecule has 0 radical (unpaired) electrons. The highest BCUT2D eigenvalue weighted by Crippen LogP contribution is 2.23. The molecule has 3 N–H and O–H groups in total. The Morgan fingerprint density at radius 2 is 2.05 bits per heavy atom. The number of anilines is 1. The third-order valence-corrected chi connectivity index (χ3v) is 4.67. The molecule has 2 aromatic rings. The number of likely N-dealkylation sites (N-methyl/N-ethyl adjacent to an activating group) is 1. The van der Waals surface area contributed by atoms with E-state index in [-0.39, 0.29) is 0 Å². The molecule has 1 aromatic carbocycles. The van der Waals surface area contributed by atoms with Crippen LogP contribution in [0.5, 0.6) is 0 Å². The monoisotopic (exact) mass is 287 g/mol. The van der Waals surface area contributed by atoms with E-state index < -0.39 is 0 Å². The van der Waals surface area contributed by atoms with Crippen LogP contribution >= 0.6 is 11.8 Å². The molecule has 0 saturated carbocycles. The summed E-state index contributed by atoms with van der Waals surface area (Å²) >= 11 is 1.88. The molecule has 2 rings (SSSR count). The van der Waals surface area contributed by atoms with Crippen LogP contribution in [0.15, 0.2) is 47.5 Å². The van der Waals surface area contributed by atoms with E-state index in [1.807, 2.05) is 30.9 Å². The predicted octanol–water partition coefficient (Wildman–Crippen LogP) is 2.90. The molecule has 0 aliphatic rings. The molecule has 0 bridgehead atoms. The molecule has 0 amide bonds. The number of aromatic nitrogens is 1. The van der Waals surface area contributed by atoms with Crippen LogP contribution in [0.4, 0.5) is 5.82 Å². The van der Waals surface area contributed by atoms with Gasteiger partial charge in [0.05, 0.1) is 0 Å². The second-order valence-electron chi connectivity index (χ2n) is 4.81. The number of hydrogen-bond acceptors (Lipinski definition) is 4. The molecule has 1 atom stereocenters. The lowest BCUT2D eigenvalue weighted by Crippen LogP contribution is -2.30. The summed E-state index contributed by atoms with van der Waals surface area (Å²) in [7, 11) is 2.00. The summed E-state index contributed by atoms with van der Waals surface area (Å²) in [5.41, 5.74) is 8.34. The first-order valence-electron chi connectivity index (χ1n) is 6.75. The molecule has 1 heterocycles. The smallest absolute Gasteiger partial charge is 0.126 e. The van der Waals surface area contributed by atoms with Crippen molar-refractivity contribution in [3.05, 3.63) is 53.7 Å². The van der Waals surface area contributed by atoms with Gasteiger partial charge in [0.15, 0.2) is 0 Å². The number of nitrogens with two attached hydrogens (primary N) is 1. The van der Waals surface area contributed by atoms with E-state index in [0.717, 1.165) is 17.7 Å². The van der Waals surface area contributed by atoms with Crippen molar-refractivity contribution < 1.29 is 0 Å². The molecular formula is C16H21N3S. The summed E-state index contributed by atoms with van der Waals surface area (Å²) in [4.78, 5) is 5.48. The molecule has 0 spiro atoms. The summed E-state index contributed by atoms with van der Waals surface area (Å²) in [5.74, 6) is 1.64. The van der Waals surface area contributed by atoms with Crippen LogP contribution in [0.3, 0.4) is 0 Å². The van der Waals surface area contributed by atoms with Crippen molar-refractivity contribution in [2.75, 3.05) is 18.5 Å². The maximum atomic E-state index is 5.91. The minimum atomic E-state index is 0.381.